The van der Waals surface area contributed by atoms with Crippen molar-refractivity contribution in [2.75, 3.05) is 0 Å². The van der Waals surface area contributed by atoms with Crippen molar-refractivity contribution in [2.24, 2.45) is 0 Å². The minimum atomic E-state index is -0.130. The van der Waals surface area contributed by atoms with E-state index in [4.69, 9.17) is 0 Å². The highest BCUT2D eigenvalue weighted by molar-refractivity contribution is 6.25. The summed E-state index contributed by atoms with van der Waals surface area (Å²) in [5, 5.41) is 0. The van der Waals surface area contributed by atoms with Gasteiger partial charge in [0.25, 0.3) is 0 Å². The second kappa shape index (κ2) is 3.15. The Morgan fingerprint density at radius 1 is 1.20 bits per heavy atom. The number of allylic oxidation sites excluding steroid dienone is 2. The van der Waals surface area contributed by atoms with Crippen LogP contribution in [-0.4, -0.2) is 21.1 Å². The summed E-state index contributed by atoms with van der Waals surface area (Å²) in [4.78, 5) is 27.8. The number of ketones is 2. The van der Waals surface area contributed by atoms with Gasteiger partial charge in [-0.15, -0.1) is 0 Å². The van der Waals surface area contributed by atoms with Gasteiger partial charge >= 0.3 is 0 Å². The summed E-state index contributed by atoms with van der Waals surface area (Å²) in [7, 11) is 0. The molecule has 4 nitrogen and oxygen atoms in total. The molecular formula is C11H12N2O2. The van der Waals surface area contributed by atoms with Gasteiger partial charge < -0.3 is 4.57 Å². The van der Waals surface area contributed by atoms with Crippen LogP contribution in [0.15, 0.2) is 17.5 Å². The normalized spacial score (nSPS) is 15.9. The number of aryl methyl sites for hydroxylation is 1. The predicted molar refractivity (Wildman–Crippen MR) is 54.9 cm³/mol. The Labute approximate surface area is 87.6 Å². The third-order valence-corrected chi connectivity index (χ3v) is 2.85. The van der Waals surface area contributed by atoms with E-state index < -0.39 is 0 Å². The van der Waals surface area contributed by atoms with Crippen molar-refractivity contribution in [3.05, 3.63) is 28.9 Å². The fourth-order valence-electron chi connectivity index (χ4n) is 1.72. The van der Waals surface area contributed by atoms with Crippen LogP contribution in [0.5, 0.6) is 0 Å². The first kappa shape index (κ1) is 9.83. The van der Waals surface area contributed by atoms with Gasteiger partial charge in [-0.05, 0) is 20.8 Å². The molecule has 0 radical (unpaired) electrons. The van der Waals surface area contributed by atoms with Gasteiger partial charge in [0.15, 0.2) is 0 Å². The quantitative estimate of drug-likeness (QED) is 0.698. The first-order valence-electron chi connectivity index (χ1n) is 4.90. The monoisotopic (exact) mass is 204 g/mol. The molecule has 0 unspecified atom stereocenters. The minimum absolute atomic E-state index is 0.0820. The summed E-state index contributed by atoms with van der Waals surface area (Å²) in [5.41, 5.74) is 1.77. The van der Waals surface area contributed by atoms with Gasteiger partial charge in [0, 0.05) is 17.7 Å². The zero-order valence-electron chi connectivity index (χ0n) is 9.00. The Bertz CT molecular complexity index is 495. The number of hydrogen-bond donors (Lipinski definition) is 0. The molecular weight excluding hydrogens is 192 g/mol. The van der Waals surface area contributed by atoms with Crippen molar-refractivity contribution in [1.29, 1.82) is 0 Å². The van der Waals surface area contributed by atoms with Gasteiger partial charge in [-0.1, -0.05) is 0 Å². The lowest BCUT2D eigenvalue weighted by molar-refractivity contribution is 0.0967. The van der Waals surface area contributed by atoms with Gasteiger partial charge in [-0.25, -0.2) is 4.98 Å². The van der Waals surface area contributed by atoms with Crippen molar-refractivity contribution in [3.63, 3.8) is 0 Å². The van der Waals surface area contributed by atoms with Crippen LogP contribution in [0.4, 0.5) is 0 Å². The molecule has 1 aliphatic rings. The SMILES string of the molecule is CCn1cnc2c1C(=O)C(C)=C(C)C2=O. The number of aromatic nitrogens is 2. The molecule has 2 rings (SSSR count). The second-order valence-electron chi connectivity index (χ2n) is 3.64. The van der Waals surface area contributed by atoms with Gasteiger partial charge in [0.2, 0.25) is 11.6 Å². The third kappa shape index (κ3) is 1.17. The largest absolute Gasteiger partial charge is 0.328 e. The number of fused-ring (bicyclic) bond motifs is 1. The topological polar surface area (TPSA) is 52.0 Å². The molecule has 0 saturated heterocycles. The smallest absolute Gasteiger partial charge is 0.209 e. The lowest BCUT2D eigenvalue weighted by atomic mass is 9.92. The molecule has 0 aliphatic heterocycles. The lowest BCUT2D eigenvalue weighted by Crippen LogP contribution is -2.21. The Morgan fingerprint density at radius 3 is 2.40 bits per heavy atom. The van der Waals surface area contributed by atoms with E-state index in [1.54, 1.807) is 24.7 Å². The highest BCUT2D eigenvalue weighted by Gasteiger charge is 2.31. The van der Waals surface area contributed by atoms with Crippen LogP contribution in [0.25, 0.3) is 0 Å². The molecule has 1 aromatic heterocycles. The molecule has 0 amide bonds. The summed E-state index contributed by atoms with van der Waals surface area (Å²) in [6, 6.07) is 0. The fraction of sp³-hybridized carbons (Fsp3) is 0.364. The van der Waals surface area contributed by atoms with Crippen LogP contribution < -0.4 is 0 Å². The first-order valence-corrected chi connectivity index (χ1v) is 4.90. The third-order valence-electron chi connectivity index (χ3n) is 2.85. The van der Waals surface area contributed by atoms with Crippen molar-refractivity contribution in [1.82, 2.24) is 9.55 Å². The maximum Gasteiger partial charge on any atom is 0.209 e. The van der Waals surface area contributed by atoms with Crippen molar-refractivity contribution >= 4 is 11.6 Å². The summed E-state index contributed by atoms with van der Waals surface area (Å²) >= 11 is 0. The van der Waals surface area contributed by atoms with Crippen LogP contribution in [0.3, 0.4) is 0 Å². The molecule has 0 bridgehead atoms. The first-order chi connectivity index (χ1) is 7.07. The van der Waals surface area contributed by atoms with E-state index in [9.17, 15) is 9.59 Å². The molecule has 1 aromatic rings. The van der Waals surface area contributed by atoms with E-state index in [0.717, 1.165) is 0 Å². The summed E-state index contributed by atoms with van der Waals surface area (Å²) in [6.45, 7) is 5.92. The van der Waals surface area contributed by atoms with Gasteiger partial charge in [0.05, 0.1) is 6.33 Å². The Morgan fingerprint density at radius 2 is 1.80 bits per heavy atom. The number of carbonyl (C=O) groups is 2. The molecule has 0 aromatic carbocycles. The van der Waals surface area contributed by atoms with Crippen LogP contribution in [0.1, 0.15) is 41.7 Å². The highest BCUT2D eigenvalue weighted by atomic mass is 16.1. The van der Waals surface area contributed by atoms with Crippen LogP contribution in [0, 0.1) is 0 Å². The van der Waals surface area contributed by atoms with E-state index >= 15 is 0 Å². The Balaban J connectivity index is 2.70. The average Bonchev–Trinajstić information content (AvgIpc) is 2.67. The second-order valence-corrected chi connectivity index (χ2v) is 3.64. The molecule has 0 fully saturated rings. The number of imidazole rings is 1. The van der Waals surface area contributed by atoms with Crippen LogP contribution in [0.2, 0.25) is 0 Å². The molecule has 1 heterocycles. The standard InChI is InChI=1S/C11H12N2O2/c1-4-13-5-12-8-9(13)11(15)7(3)6(2)10(8)14/h5H,4H2,1-3H3. The van der Waals surface area contributed by atoms with Crippen molar-refractivity contribution < 1.29 is 9.59 Å². The fourth-order valence-corrected chi connectivity index (χ4v) is 1.72. The van der Waals surface area contributed by atoms with Gasteiger partial charge in [0.1, 0.15) is 11.4 Å². The van der Waals surface area contributed by atoms with E-state index in [1.165, 1.54) is 0 Å². The van der Waals surface area contributed by atoms with Crippen LogP contribution in [-0.2, 0) is 6.54 Å². The number of carbonyl (C=O) groups excluding carboxylic acids is 2. The van der Waals surface area contributed by atoms with Crippen molar-refractivity contribution in [3.8, 4) is 0 Å². The van der Waals surface area contributed by atoms with E-state index in [-0.39, 0.29) is 11.6 Å². The molecule has 4 heteroatoms. The van der Waals surface area contributed by atoms with Crippen molar-refractivity contribution in [2.45, 2.75) is 27.3 Å². The Hall–Kier alpha value is -1.71. The number of nitrogens with zero attached hydrogens (tertiary/aromatic N) is 2. The molecule has 0 spiro atoms. The molecule has 0 N–H and O–H groups in total. The molecule has 1 aliphatic carbocycles. The molecule has 78 valence electrons. The Kier molecular flexibility index (Phi) is 2.07. The van der Waals surface area contributed by atoms with E-state index in [2.05, 4.69) is 4.98 Å². The summed E-state index contributed by atoms with van der Waals surface area (Å²) in [5.74, 6) is -0.212. The maximum absolute atomic E-state index is 11.9. The minimum Gasteiger partial charge on any atom is -0.328 e. The van der Waals surface area contributed by atoms with E-state index in [0.29, 0.717) is 29.1 Å². The van der Waals surface area contributed by atoms with E-state index in [1.807, 2.05) is 6.92 Å². The summed E-state index contributed by atoms with van der Waals surface area (Å²) < 4.78 is 1.71. The molecule has 0 saturated carbocycles. The maximum atomic E-state index is 11.9. The summed E-state index contributed by atoms with van der Waals surface area (Å²) in [6.07, 6.45) is 1.55. The van der Waals surface area contributed by atoms with Crippen LogP contribution >= 0.6 is 0 Å². The number of hydrogen-bond acceptors (Lipinski definition) is 3. The number of rotatable bonds is 1. The van der Waals surface area contributed by atoms with Gasteiger partial charge in [-0.2, -0.15) is 0 Å². The number of Topliss-reactive ketones (excluding diaryl/α,β-unsaturated/α-hetero) is 2. The molecule has 15 heavy (non-hydrogen) atoms. The zero-order chi connectivity index (χ0) is 11.2. The zero-order valence-corrected chi connectivity index (χ0v) is 9.00. The average molecular weight is 204 g/mol. The predicted octanol–water partition coefficient (Wildman–Crippen LogP) is 1.62. The lowest BCUT2D eigenvalue weighted by Gasteiger charge is -2.14. The highest BCUT2D eigenvalue weighted by Crippen LogP contribution is 2.24. The molecule has 0 atom stereocenters. The van der Waals surface area contributed by atoms with Gasteiger partial charge in [-0.3, -0.25) is 9.59 Å².